The number of rotatable bonds is 3. The second kappa shape index (κ2) is 4.94. The van der Waals surface area contributed by atoms with Gasteiger partial charge in [0, 0.05) is 25.2 Å². The third kappa shape index (κ3) is 2.37. The standard InChI is InChI=1S/C12H17ClN6/c1-17(2)7-9-4-3-5-18(9)11-6-10(13)16-12-14-8-15-19(11)12/h6,8-9H,3-5,7H2,1-2H3. The Hall–Kier alpha value is -1.40. The molecule has 2 aromatic rings. The van der Waals surface area contributed by atoms with Gasteiger partial charge < -0.3 is 9.80 Å². The molecule has 102 valence electrons. The van der Waals surface area contributed by atoms with Crippen molar-refractivity contribution in [3.05, 3.63) is 17.5 Å². The summed E-state index contributed by atoms with van der Waals surface area (Å²) < 4.78 is 1.76. The van der Waals surface area contributed by atoms with Crippen molar-refractivity contribution in [3.63, 3.8) is 0 Å². The number of anilines is 1. The number of halogens is 1. The topological polar surface area (TPSA) is 49.6 Å². The first kappa shape index (κ1) is 12.6. The third-order valence-corrected chi connectivity index (χ3v) is 3.64. The van der Waals surface area contributed by atoms with Crippen LogP contribution in [0.15, 0.2) is 12.4 Å². The molecule has 0 N–H and O–H groups in total. The highest BCUT2D eigenvalue weighted by molar-refractivity contribution is 6.29. The second-order valence-electron chi connectivity index (χ2n) is 5.16. The van der Waals surface area contributed by atoms with E-state index in [9.17, 15) is 0 Å². The average molecular weight is 281 g/mol. The molecule has 1 atom stereocenters. The van der Waals surface area contributed by atoms with Crippen LogP contribution in [0.4, 0.5) is 5.82 Å². The minimum atomic E-state index is 0.464. The summed E-state index contributed by atoms with van der Waals surface area (Å²) in [5.74, 6) is 1.54. The van der Waals surface area contributed by atoms with E-state index in [1.54, 1.807) is 4.52 Å². The largest absolute Gasteiger partial charge is 0.352 e. The van der Waals surface area contributed by atoms with Crippen LogP contribution < -0.4 is 4.90 Å². The third-order valence-electron chi connectivity index (χ3n) is 3.45. The summed E-state index contributed by atoms with van der Waals surface area (Å²) in [6.45, 7) is 2.05. The van der Waals surface area contributed by atoms with E-state index in [1.165, 1.54) is 19.2 Å². The van der Waals surface area contributed by atoms with Gasteiger partial charge in [-0.25, -0.2) is 0 Å². The van der Waals surface area contributed by atoms with Crippen LogP contribution in [-0.2, 0) is 0 Å². The first-order valence-electron chi connectivity index (χ1n) is 6.43. The molecule has 0 spiro atoms. The molecular formula is C12H17ClN6. The molecule has 0 bridgehead atoms. The van der Waals surface area contributed by atoms with E-state index in [2.05, 4.69) is 39.0 Å². The zero-order valence-electron chi connectivity index (χ0n) is 11.1. The van der Waals surface area contributed by atoms with E-state index in [-0.39, 0.29) is 0 Å². The normalized spacial score (nSPS) is 19.8. The quantitative estimate of drug-likeness (QED) is 0.794. The monoisotopic (exact) mass is 280 g/mol. The van der Waals surface area contributed by atoms with Crippen molar-refractivity contribution in [3.8, 4) is 0 Å². The van der Waals surface area contributed by atoms with E-state index in [0.29, 0.717) is 17.0 Å². The molecule has 1 saturated heterocycles. The number of fused-ring (bicyclic) bond motifs is 1. The maximum Gasteiger partial charge on any atom is 0.255 e. The van der Waals surface area contributed by atoms with Crippen LogP contribution >= 0.6 is 11.6 Å². The average Bonchev–Trinajstić information content (AvgIpc) is 2.95. The Bertz CT molecular complexity index is 581. The smallest absolute Gasteiger partial charge is 0.255 e. The van der Waals surface area contributed by atoms with E-state index in [1.807, 2.05) is 6.07 Å². The minimum Gasteiger partial charge on any atom is -0.352 e. The maximum atomic E-state index is 6.08. The van der Waals surface area contributed by atoms with E-state index >= 15 is 0 Å². The molecule has 3 heterocycles. The Labute approximate surface area is 117 Å². The van der Waals surface area contributed by atoms with Gasteiger partial charge in [0.05, 0.1) is 0 Å². The molecule has 0 aliphatic carbocycles. The lowest BCUT2D eigenvalue weighted by Gasteiger charge is -2.28. The minimum absolute atomic E-state index is 0.464. The summed E-state index contributed by atoms with van der Waals surface area (Å²) in [7, 11) is 4.20. The number of likely N-dealkylation sites (N-methyl/N-ethyl adjacent to an activating group) is 1. The molecule has 6 nitrogen and oxygen atoms in total. The van der Waals surface area contributed by atoms with Gasteiger partial charge in [-0.3, -0.25) is 0 Å². The first-order chi connectivity index (χ1) is 9.15. The lowest BCUT2D eigenvalue weighted by molar-refractivity contribution is 0.371. The van der Waals surface area contributed by atoms with Crippen molar-refractivity contribution in [2.75, 3.05) is 32.1 Å². The van der Waals surface area contributed by atoms with Gasteiger partial charge in [-0.05, 0) is 26.9 Å². The Balaban J connectivity index is 2.00. The first-order valence-corrected chi connectivity index (χ1v) is 6.80. The van der Waals surface area contributed by atoms with Crippen molar-refractivity contribution >= 4 is 23.2 Å². The van der Waals surface area contributed by atoms with Crippen LogP contribution in [0.3, 0.4) is 0 Å². The van der Waals surface area contributed by atoms with Gasteiger partial charge in [0.15, 0.2) is 0 Å². The lowest BCUT2D eigenvalue weighted by atomic mass is 10.2. The van der Waals surface area contributed by atoms with Gasteiger partial charge in [0.25, 0.3) is 5.78 Å². The van der Waals surface area contributed by atoms with E-state index in [0.717, 1.165) is 18.9 Å². The van der Waals surface area contributed by atoms with Crippen LogP contribution in [-0.4, -0.2) is 57.7 Å². The number of hydrogen-bond acceptors (Lipinski definition) is 5. The molecular weight excluding hydrogens is 264 g/mol. The fourth-order valence-electron chi connectivity index (χ4n) is 2.72. The van der Waals surface area contributed by atoms with Crippen LogP contribution in [0, 0.1) is 0 Å². The zero-order valence-corrected chi connectivity index (χ0v) is 11.9. The van der Waals surface area contributed by atoms with Gasteiger partial charge >= 0.3 is 0 Å². The van der Waals surface area contributed by atoms with Gasteiger partial charge in [-0.2, -0.15) is 19.6 Å². The molecule has 1 aliphatic rings. The van der Waals surface area contributed by atoms with Gasteiger partial charge in [0.1, 0.15) is 17.3 Å². The molecule has 1 aliphatic heterocycles. The predicted molar refractivity (Wildman–Crippen MR) is 74.7 cm³/mol. The second-order valence-corrected chi connectivity index (χ2v) is 5.55. The van der Waals surface area contributed by atoms with Crippen LogP contribution in [0.1, 0.15) is 12.8 Å². The molecule has 7 heteroatoms. The fraction of sp³-hybridized carbons (Fsp3) is 0.583. The molecule has 0 amide bonds. The summed E-state index contributed by atoms with van der Waals surface area (Å²) in [5, 5.41) is 4.71. The van der Waals surface area contributed by atoms with Crippen LogP contribution in [0.5, 0.6) is 0 Å². The maximum absolute atomic E-state index is 6.08. The van der Waals surface area contributed by atoms with Crippen LogP contribution in [0.2, 0.25) is 5.15 Å². The highest BCUT2D eigenvalue weighted by Crippen LogP contribution is 2.27. The predicted octanol–water partition coefficient (Wildman–Crippen LogP) is 1.31. The van der Waals surface area contributed by atoms with Crippen LogP contribution in [0.25, 0.3) is 5.78 Å². The SMILES string of the molecule is CN(C)CC1CCCN1c1cc(Cl)nc2ncnn12. The van der Waals surface area contributed by atoms with Gasteiger partial charge in [-0.1, -0.05) is 11.6 Å². The number of hydrogen-bond donors (Lipinski definition) is 0. The highest BCUT2D eigenvalue weighted by Gasteiger charge is 2.27. The zero-order chi connectivity index (χ0) is 13.4. The Kier molecular flexibility index (Phi) is 3.28. The molecule has 2 aromatic heterocycles. The van der Waals surface area contributed by atoms with Gasteiger partial charge in [0.2, 0.25) is 0 Å². The Morgan fingerprint density at radius 1 is 1.47 bits per heavy atom. The van der Waals surface area contributed by atoms with Crippen molar-refractivity contribution in [2.24, 2.45) is 0 Å². The lowest BCUT2D eigenvalue weighted by Crippen LogP contribution is -2.38. The highest BCUT2D eigenvalue weighted by atomic mass is 35.5. The van der Waals surface area contributed by atoms with Crippen molar-refractivity contribution in [2.45, 2.75) is 18.9 Å². The van der Waals surface area contributed by atoms with Crippen molar-refractivity contribution in [1.82, 2.24) is 24.5 Å². The molecule has 0 saturated carbocycles. The number of nitrogens with zero attached hydrogens (tertiary/aromatic N) is 6. The molecule has 1 fully saturated rings. The Morgan fingerprint density at radius 2 is 2.32 bits per heavy atom. The summed E-state index contributed by atoms with van der Waals surface area (Å²) in [4.78, 5) is 12.9. The summed E-state index contributed by atoms with van der Waals surface area (Å²) >= 11 is 6.08. The fourth-order valence-corrected chi connectivity index (χ4v) is 2.90. The molecule has 0 aromatic carbocycles. The Morgan fingerprint density at radius 3 is 3.11 bits per heavy atom. The van der Waals surface area contributed by atoms with Crippen molar-refractivity contribution in [1.29, 1.82) is 0 Å². The number of aromatic nitrogens is 4. The molecule has 0 radical (unpaired) electrons. The van der Waals surface area contributed by atoms with E-state index in [4.69, 9.17) is 11.6 Å². The van der Waals surface area contributed by atoms with E-state index < -0.39 is 0 Å². The van der Waals surface area contributed by atoms with Crippen molar-refractivity contribution < 1.29 is 0 Å². The molecule has 3 rings (SSSR count). The molecule has 1 unspecified atom stereocenters. The summed E-state index contributed by atoms with van der Waals surface area (Å²) in [6, 6.07) is 2.36. The van der Waals surface area contributed by atoms with Gasteiger partial charge in [-0.15, -0.1) is 0 Å². The summed E-state index contributed by atoms with van der Waals surface area (Å²) in [5.41, 5.74) is 0. The summed E-state index contributed by atoms with van der Waals surface area (Å²) in [6.07, 6.45) is 3.89. The molecule has 19 heavy (non-hydrogen) atoms.